The molecule has 0 atom stereocenters. The van der Waals surface area contributed by atoms with E-state index in [9.17, 15) is 9.59 Å². The summed E-state index contributed by atoms with van der Waals surface area (Å²) in [5.74, 6) is -0.0557. The van der Waals surface area contributed by atoms with Gasteiger partial charge in [-0.2, -0.15) is 0 Å². The Morgan fingerprint density at radius 3 is 2.29 bits per heavy atom. The van der Waals surface area contributed by atoms with Crippen molar-refractivity contribution in [3.8, 4) is 0 Å². The molecule has 1 amide bonds. The van der Waals surface area contributed by atoms with Crippen LogP contribution in [0.2, 0.25) is 0 Å². The summed E-state index contributed by atoms with van der Waals surface area (Å²) < 4.78 is 3.13. The summed E-state index contributed by atoms with van der Waals surface area (Å²) in [6, 6.07) is 17.4. The van der Waals surface area contributed by atoms with Crippen molar-refractivity contribution in [3.05, 3.63) is 70.6 Å². The van der Waals surface area contributed by atoms with Crippen LogP contribution in [0.25, 0.3) is 11.0 Å². The van der Waals surface area contributed by atoms with Gasteiger partial charge < -0.3 is 4.90 Å². The lowest BCUT2D eigenvalue weighted by Crippen LogP contribution is -2.36. The molecule has 0 fully saturated rings. The maximum Gasteiger partial charge on any atom is 0.329 e. The predicted octanol–water partition coefficient (Wildman–Crippen LogP) is 2.39. The molecule has 0 radical (unpaired) electrons. The average molecular weight is 323 g/mol. The van der Waals surface area contributed by atoms with Gasteiger partial charge in [0.05, 0.1) is 11.0 Å². The fraction of sp³-hybridized carbons (Fsp3) is 0.263. The van der Waals surface area contributed by atoms with Crippen molar-refractivity contribution in [2.24, 2.45) is 7.05 Å². The number of carbonyl (C=O) groups excluding carboxylic acids is 1. The summed E-state index contributed by atoms with van der Waals surface area (Å²) in [6.45, 7) is 3.16. The Hall–Kier alpha value is -2.82. The van der Waals surface area contributed by atoms with Gasteiger partial charge in [-0.3, -0.25) is 13.9 Å². The first-order valence-electron chi connectivity index (χ1n) is 8.07. The summed E-state index contributed by atoms with van der Waals surface area (Å²) in [7, 11) is 1.73. The summed E-state index contributed by atoms with van der Waals surface area (Å²) in [5.41, 5.74) is 2.54. The van der Waals surface area contributed by atoms with Gasteiger partial charge in [0.15, 0.2) is 0 Å². The van der Waals surface area contributed by atoms with E-state index in [0.29, 0.717) is 13.1 Å². The number of imidazole rings is 1. The Bertz CT molecular complexity index is 909. The van der Waals surface area contributed by atoms with Crippen molar-refractivity contribution in [3.63, 3.8) is 0 Å². The van der Waals surface area contributed by atoms with Crippen LogP contribution in [-0.4, -0.2) is 26.5 Å². The average Bonchev–Trinajstić information content (AvgIpc) is 2.86. The zero-order valence-electron chi connectivity index (χ0n) is 14.0. The Kier molecular flexibility index (Phi) is 4.51. The van der Waals surface area contributed by atoms with E-state index in [1.165, 1.54) is 0 Å². The first-order valence-corrected chi connectivity index (χ1v) is 8.07. The number of amides is 1. The van der Waals surface area contributed by atoms with Crippen LogP contribution in [0.15, 0.2) is 59.4 Å². The smallest absolute Gasteiger partial charge is 0.329 e. The topological polar surface area (TPSA) is 47.2 Å². The minimum Gasteiger partial charge on any atom is -0.337 e. The maximum absolute atomic E-state index is 12.7. The number of nitrogens with zero attached hydrogens (tertiary/aromatic N) is 3. The summed E-state index contributed by atoms with van der Waals surface area (Å²) >= 11 is 0. The molecule has 0 aliphatic carbocycles. The molecule has 0 saturated carbocycles. The van der Waals surface area contributed by atoms with E-state index in [2.05, 4.69) is 0 Å². The highest BCUT2D eigenvalue weighted by Crippen LogP contribution is 2.12. The van der Waals surface area contributed by atoms with E-state index >= 15 is 0 Å². The summed E-state index contributed by atoms with van der Waals surface area (Å²) in [5, 5.41) is 0. The summed E-state index contributed by atoms with van der Waals surface area (Å²) in [6.07, 6.45) is 0. The quantitative estimate of drug-likeness (QED) is 0.724. The van der Waals surface area contributed by atoms with Crippen molar-refractivity contribution in [1.29, 1.82) is 0 Å². The molecule has 1 heterocycles. The van der Waals surface area contributed by atoms with Crippen LogP contribution in [0.4, 0.5) is 0 Å². The zero-order valence-corrected chi connectivity index (χ0v) is 14.0. The highest BCUT2D eigenvalue weighted by atomic mass is 16.2. The standard InChI is InChI=1S/C19H21N3O2/c1-3-21(13-15-9-5-4-6-10-15)18(23)14-22-17-12-8-7-11-16(17)20(2)19(22)24/h4-12H,3,13-14H2,1-2H3. The second-order valence-corrected chi connectivity index (χ2v) is 5.81. The van der Waals surface area contributed by atoms with Crippen LogP contribution in [0.3, 0.4) is 0 Å². The molecule has 0 N–H and O–H groups in total. The number of hydrogen-bond acceptors (Lipinski definition) is 2. The third-order valence-corrected chi connectivity index (χ3v) is 4.30. The van der Waals surface area contributed by atoms with E-state index in [0.717, 1.165) is 16.6 Å². The Labute approximate surface area is 140 Å². The van der Waals surface area contributed by atoms with Gasteiger partial charge in [-0.05, 0) is 24.6 Å². The molecular formula is C19H21N3O2. The lowest BCUT2D eigenvalue weighted by atomic mass is 10.2. The molecular weight excluding hydrogens is 302 g/mol. The van der Waals surface area contributed by atoms with Crippen molar-refractivity contribution < 1.29 is 4.79 Å². The van der Waals surface area contributed by atoms with Crippen LogP contribution in [0, 0.1) is 0 Å². The van der Waals surface area contributed by atoms with Crippen LogP contribution in [-0.2, 0) is 24.9 Å². The van der Waals surface area contributed by atoms with Gasteiger partial charge in [-0.1, -0.05) is 42.5 Å². The van der Waals surface area contributed by atoms with Gasteiger partial charge >= 0.3 is 5.69 Å². The fourth-order valence-corrected chi connectivity index (χ4v) is 2.93. The minimum absolute atomic E-state index is 0.0557. The first-order chi connectivity index (χ1) is 11.6. The molecule has 0 saturated heterocycles. The molecule has 5 nitrogen and oxygen atoms in total. The van der Waals surface area contributed by atoms with Gasteiger partial charge in [0.2, 0.25) is 5.91 Å². The van der Waals surface area contributed by atoms with E-state index in [1.54, 1.807) is 21.1 Å². The zero-order chi connectivity index (χ0) is 17.1. The number of rotatable bonds is 5. The molecule has 124 valence electrons. The molecule has 0 aliphatic rings. The van der Waals surface area contributed by atoms with Crippen molar-refractivity contribution >= 4 is 16.9 Å². The second-order valence-electron chi connectivity index (χ2n) is 5.81. The number of benzene rings is 2. The summed E-state index contributed by atoms with van der Waals surface area (Å²) in [4.78, 5) is 26.9. The third kappa shape index (κ3) is 2.97. The molecule has 0 bridgehead atoms. The second kappa shape index (κ2) is 6.74. The van der Waals surface area contributed by atoms with Gasteiger partial charge in [0, 0.05) is 20.1 Å². The minimum atomic E-state index is -0.166. The lowest BCUT2D eigenvalue weighted by Gasteiger charge is -2.21. The number of fused-ring (bicyclic) bond motifs is 1. The predicted molar refractivity (Wildman–Crippen MR) is 94.7 cm³/mol. The SMILES string of the molecule is CCN(Cc1ccccc1)C(=O)Cn1c(=O)n(C)c2ccccc21. The third-order valence-electron chi connectivity index (χ3n) is 4.30. The Morgan fingerprint density at radius 1 is 1.00 bits per heavy atom. The van der Waals surface area contributed by atoms with Crippen molar-refractivity contribution in [2.45, 2.75) is 20.0 Å². The number of likely N-dealkylation sites (N-methyl/N-ethyl adjacent to an activating group) is 1. The fourth-order valence-electron chi connectivity index (χ4n) is 2.93. The monoisotopic (exact) mass is 323 g/mol. The Morgan fingerprint density at radius 2 is 1.62 bits per heavy atom. The van der Waals surface area contributed by atoms with E-state index in [-0.39, 0.29) is 18.1 Å². The van der Waals surface area contributed by atoms with Crippen LogP contribution in [0.5, 0.6) is 0 Å². The normalized spacial score (nSPS) is 10.9. The lowest BCUT2D eigenvalue weighted by molar-refractivity contribution is -0.132. The highest BCUT2D eigenvalue weighted by Gasteiger charge is 2.17. The van der Waals surface area contributed by atoms with E-state index < -0.39 is 0 Å². The number of para-hydroxylation sites is 2. The van der Waals surface area contributed by atoms with E-state index in [1.807, 2.05) is 61.5 Å². The molecule has 3 rings (SSSR count). The van der Waals surface area contributed by atoms with Crippen LogP contribution < -0.4 is 5.69 Å². The largest absolute Gasteiger partial charge is 0.337 e. The van der Waals surface area contributed by atoms with Gasteiger partial charge in [0.1, 0.15) is 6.54 Å². The number of carbonyl (C=O) groups is 1. The number of aromatic nitrogens is 2. The van der Waals surface area contributed by atoms with Gasteiger partial charge in [-0.25, -0.2) is 4.79 Å². The van der Waals surface area contributed by atoms with Crippen LogP contribution >= 0.6 is 0 Å². The molecule has 2 aromatic carbocycles. The molecule has 5 heteroatoms. The van der Waals surface area contributed by atoms with Crippen molar-refractivity contribution in [1.82, 2.24) is 14.0 Å². The molecule has 0 unspecified atom stereocenters. The van der Waals surface area contributed by atoms with Gasteiger partial charge in [0.25, 0.3) is 0 Å². The first kappa shape index (κ1) is 16.1. The highest BCUT2D eigenvalue weighted by molar-refractivity contribution is 5.81. The Balaban J connectivity index is 1.86. The molecule has 3 aromatic rings. The van der Waals surface area contributed by atoms with Gasteiger partial charge in [-0.15, -0.1) is 0 Å². The molecule has 24 heavy (non-hydrogen) atoms. The number of aryl methyl sites for hydroxylation is 1. The van der Waals surface area contributed by atoms with Crippen molar-refractivity contribution in [2.75, 3.05) is 6.54 Å². The maximum atomic E-state index is 12.7. The number of hydrogen-bond donors (Lipinski definition) is 0. The molecule has 1 aromatic heterocycles. The van der Waals surface area contributed by atoms with E-state index in [4.69, 9.17) is 0 Å². The van der Waals surface area contributed by atoms with Crippen LogP contribution in [0.1, 0.15) is 12.5 Å². The molecule has 0 aliphatic heterocycles. The molecule has 0 spiro atoms.